The van der Waals surface area contributed by atoms with Gasteiger partial charge in [-0.05, 0) is 99.5 Å². The molecule has 0 spiro atoms. The summed E-state index contributed by atoms with van der Waals surface area (Å²) in [5, 5.41) is 0. The lowest BCUT2D eigenvalue weighted by Gasteiger charge is -2.38. The highest BCUT2D eigenvalue weighted by Crippen LogP contribution is 2.44. The highest BCUT2D eigenvalue weighted by molar-refractivity contribution is 5.25. The summed E-state index contributed by atoms with van der Waals surface area (Å²) < 4.78 is 5.54. The van der Waals surface area contributed by atoms with Gasteiger partial charge in [-0.2, -0.15) is 0 Å². The van der Waals surface area contributed by atoms with Crippen LogP contribution in [0.2, 0.25) is 0 Å². The first-order chi connectivity index (χ1) is 13.3. The van der Waals surface area contributed by atoms with Gasteiger partial charge in [0, 0.05) is 0 Å². The highest BCUT2D eigenvalue weighted by atomic mass is 16.5. The molecule has 0 aliphatic heterocycles. The Morgan fingerprint density at radius 2 is 1.56 bits per heavy atom. The smallest absolute Gasteiger partial charge is 0.0721 e. The molecule has 0 bridgehead atoms. The first kappa shape index (κ1) is 20.4. The standard InChI is InChI=1S/C26H38O/c1-3-5-6-21-7-11-23(12-8-21)25-15-17-26(18-16-25)24-13-9-22(10-14-24)20-27-19-4-2/h3-5,9-10,13-14,21,23,25-26H,2,6-8,11-12,15-20H2,1H3/b5-3+/t21-,23-,25?,26?. The minimum absolute atomic E-state index is 0.628. The largest absolute Gasteiger partial charge is 0.373 e. The molecule has 2 aliphatic rings. The molecule has 0 N–H and O–H groups in total. The summed E-state index contributed by atoms with van der Waals surface area (Å²) >= 11 is 0. The molecule has 3 rings (SSSR count). The molecule has 148 valence electrons. The van der Waals surface area contributed by atoms with Crippen molar-refractivity contribution in [3.8, 4) is 0 Å². The second-order valence-corrected chi connectivity index (χ2v) is 8.74. The van der Waals surface area contributed by atoms with E-state index in [0.29, 0.717) is 13.2 Å². The van der Waals surface area contributed by atoms with Crippen molar-refractivity contribution in [1.29, 1.82) is 0 Å². The Morgan fingerprint density at radius 3 is 2.15 bits per heavy atom. The van der Waals surface area contributed by atoms with Gasteiger partial charge in [0.25, 0.3) is 0 Å². The average Bonchev–Trinajstić information content (AvgIpc) is 2.73. The molecule has 2 saturated carbocycles. The topological polar surface area (TPSA) is 9.23 Å². The first-order valence-corrected chi connectivity index (χ1v) is 11.2. The molecule has 0 unspecified atom stereocenters. The van der Waals surface area contributed by atoms with Gasteiger partial charge in [0.15, 0.2) is 0 Å². The van der Waals surface area contributed by atoms with Crippen LogP contribution in [0.15, 0.2) is 49.1 Å². The van der Waals surface area contributed by atoms with E-state index in [1.54, 1.807) is 0 Å². The van der Waals surface area contributed by atoms with Gasteiger partial charge in [0.2, 0.25) is 0 Å². The highest BCUT2D eigenvalue weighted by Gasteiger charge is 2.30. The normalized spacial score (nSPS) is 29.1. The zero-order valence-corrected chi connectivity index (χ0v) is 17.2. The number of hydrogen-bond acceptors (Lipinski definition) is 1. The molecule has 1 nitrogen and oxygen atoms in total. The maximum atomic E-state index is 5.54. The van der Waals surface area contributed by atoms with Crippen LogP contribution >= 0.6 is 0 Å². The van der Waals surface area contributed by atoms with E-state index in [1.165, 1.54) is 68.9 Å². The number of benzene rings is 1. The third-order valence-corrected chi connectivity index (χ3v) is 6.99. The Morgan fingerprint density at radius 1 is 0.926 bits per heavy atom. The average molecular weight is 367 g/mol. The molecule has 0 aromatic heterocycles. The fourth-order valence-electron chi connectivity index (χ4n) is 5.29. The third kappa shape index (κ3) is 6.07. The van der Waals surface area contributed by atoms with Crippen molar-refractivity contribution in [3.63, 3.8) is 0 Å². The van der Waals surface area contributed by atoms with Crippen LogP contribution in [0, 0.1) is 17.8 Å². The van der Waals surface area contributed by atoms with E-state index in [4.69, 9.17) is 4.74 Å². The molecule has 1 aromatic carbocycles. The van der Waals surface area contributed by atoms with Gasteiger partial charge in [-0.1, -0.05) is 42.5 Å². The lowest BCUT2D eigenvalue weighted by Crippen LogP contribution is -2.25. The predicted octanol–water partition coefficient (Wildman–Crippen LogP) is 7.44. The Bertz CT molecular complexity index is 569. The molecule has 2 fully saturated rings. The van der Waals surface area contributed by atoms with Crippen LogP contribution in [-0.2, 0) is 11.3 Å². The maximum Gasteiger partial charge on any atom is 0.0721 e. The summed E-state index contributed by atoms with van der Waals surface area (Å²) in [5.41, 5.74) is 2.81. The van der Waals surface area contributed by atoms with Crippen LogP contribution in [-0.4, -0.2) is 6.61 Å². The third-order valence-electron chi connectivity index (χ3n) is 6.99. The van der Waals surface area contributed by atoms with Crippen molar-refractivity contribution in [1.82, 2.24) is 0 Å². The van der Waals surface area contributed by atoms with E-state index in [-0.39, 0.29) is 0 Å². The van der Waals surface area contributed by atoms with Crippen molar-refractivity contribution in [2.75, 3.05) is 6.61 Å². The SMILES string of the molecule is C=CCOCc1ccc(C2CCC([C@H]3CC[C@H](C/C=C/C)CC3)CC2)cc1. The van der Waals surface area contributed by atoms with Gasteiger partial charge >= 0.3 is 0 Å². The molecular formula is C26H38O. The molecule has 0 amide bonds. The summed E-state index contributed by atoms with van der Waals surface area (Å²) in [6, 6.07) is 9.17. The van der Waals surface area contributed by atoms with Crippen LogP contribution in [0.4, 0.5) is 0 Å². The van der Waals surface area contributed by atoms with Crippen LogP contribution in [0.5, 0.6) is 0 Å². The van der Waals surface area contributed by atoms with Crippen LogP contribution in [0.25, 0.3) is 0 Å². The molecule has 0 heterocycles. The Kier molecular flexibility index (Phi) is 8.20. The number of allylic oxidation sites excluding steroid dienone is 2. The molecule has 0 atom stereocenters. The Hall–Kier alpha value is -1.34. The fraction of sp³-hybridized carbons (Fsp3) is 0.615. The number of ether oxygens (including phenoxy) is 1. The van der Waals surface area contributed by atoms with Crippen molar-refractivity contribution in [2.45, 2.75) is 77.2 Å². The zero-order valence-electron chi connectivity index (χ0n) is 17.2. The van der Waals surface area contributed by atoms with Gasteiger partial charge in [0.05, 0.1) is 13.2 Å². The quantitative estimate of drug-likeness (QED) is 0.343. The second-order valence-electron chi connectivity index (χ2n) is 8.74. The van der Waals surface area contributed by atoms with Crippen molar-refractivity contribution in [3.05, 3.63) is 60.2 Å². The Labute approximate surface area is 166 Å². The predicted molar refractivity (Wildman–Crippen MR) is 116 cm³/mol. The zero-order chi connectivity index (χ0) is 18.9. The molecular weight excluding hydrogens is 328 g/mol. The van der Waals surface area contributed by atoms with Gasteiger partial charge in [-0.3, -0.25) is 0 Å². The first-order valence-electron chi connectivity index (χ1n) is 11.2. The van der Waals surface area contributed by atoms with E-state index < -0.39 is 0 Å². The van der Waals surface area contributed by atoms with Crippen LogP contribution in [0.1, 0.15) is 81.8 Å². The molecule has 0 saturated heterocycles. The number of rotatable bonds is 8. The van der Waals surface area contributed by atoms with Crippen molar-refractivity contribution < 1.29 is 4.74 Å². The van der Waals surface area contributed by atoms with Crippen molar-refractivity contribution >= 4 is 0 Å². The van der Waals surface area contributed by atoms with E-state index in [0.717, 1.165) is 23.7 Å². The maximum absolute atomic E-state index is 5.54. The summed E-state index contributed by atoms with van der Waals surface area (Å²) in [4.78, 5) is 0. The van der Waals surface area contributed by atoms with Gasteiger partial charge in [0.1, 0.15) is 0 Å². The monoisotopic (exact) mass is 366 g/mol. The lowest BCUT2D eigenvalue weighted by molar-refractivity contribution is 0.149. The molecule has 27 heavy (non-hydrogen) atoms. The minimum atomic E-state index is 0.628. The second kappa shape index (κ2) is 10.9. The number of hydrogen-bond donors (Lipinski definition) is 0. The Balaban J connectivity index is 1.42. The minimum Gasteiger partial charge on any atom is -0.373 e. The molecule has 0 radical (unpaired) electrons. The molecule has 1 heteroatoms. The van der Waals surface area contributed by atoms with E-state index in [2.05, 4.69) is 49.9 Å². The van der Waals surface area contributed by atoms with Crippen LogP contribution in [0.3, 0.4) is 0 Å². The summed E-state index contributed by atoms with van der Waals surface area (Å²) in [5.74, 6) is 3.74. The summed E-state index contributed by atoms with van der Waals surface area (Å²) in [6.07, 6.45) is 19.2. The van der Waals surface area contributed by atoms with Gasteiger partial charge < -0.3 is 4.74 Å². The summed E-state index contributed by atoms with van der Waals surface area (Å²) in [7, 11) is 0. The van der Waals surface area contributed by atoms with Crippen LogP contribution < -0.4 is 0 Å². The molecule has 2 aliphatic carbocycles. The van der Waals surface area contributed by atoms with E-state index in [1.807, 2.05) is 6.08 Å². The lowest BCUT2D eigenvalue weighted by atomic mass is 9.68. The van der Waals surface area contributed by atoms with Gasteiger partial charge in [-0.25, -0.2) is 0 Å². The van der Waals surface area contributed by atoms with Gasteiger partial charge in [-0.15, -0.1) is 6.58 Å². The van der Waals surface area contributed by atoms with Crippen molar-refractivity contribution in [2.24, 2.45) is 17.8 Å². The molecule has 1 aromatic rings. The fourth-order valence-corrected chi connectivity index (χ4v) is 5.29. The van der Waals surface area contributed by atoms with E-state index >= 15 is 0 Å². The summed E-state index contributed by atoms with van der Waals surface area (Å²) in [6.45, 7) is 7.16. The van der Waals surface area contributed by atoms with E-state index in [9.17, 15) is 0 Å².